The molecule has 1 aliphatic heterocycles. The van der Waals surface area contributed by atoms with Crippen molar-refractivity contribution < 1.29 is 9.53 Å². The third-order valence-corrected chi connectivity index (χ3v) is 4.71. The molecular weight excluding hydrogens is 340 g/mol. The van der Waals surface area contributed by atoms with Crippen molar-refractivity contribution in [2.45, 2.75) is 31.9 Å². The first-order valence-corrected chi connectivity index (χ1v) is 9.42. The summed E-state index contributed by atoms with van der Waals surface area (Å²) >= 11 is 0. The molecule has 27 heavy (non-hydrogen) atoms. The highest BCUT2D eigenvalue weighted by molar-refractivity contribution is 5.92. The van der Waals surface area contributed by atoms with Crippen molar-refractivity contribution in [3.63, 3.8) is 0 Å². The van der Waals surface area contributed by atoms with E-state index in [2.05, 4.69) is 27.0 Å². The number of rotatable bonds is 5. The molecule has 6 heteroatoms. The predicted octanol–water partition coefficient (Wildman–Crippen LogP) is 2.74. The first-order chi connectivity index (χ1) is 13.0. The van der Waals surface area contributed by atoms with E-state index in [1.807, 2.05) is 51.0 Å². The molecule has 3 rings (SSSR count). The highest BCUT2D eigenvalue weighted by Gasteiger charge is 2.37. The number of hydrogen-bond donors (Lipinski definition) is 0. The van der Waals surface area contributed by atoms with Crippen molar-refractivity contribution in [3.05, 3.63) is 59.7 Å². The molecule has 1 aromatic heterocycles. The molecule has 1 aliphatic rings. The molecule has 2 heterocycles. The molecule has 0 radical (unpaired) electrons. The van der Waals surface area contributed by atoms with Crippen LogP contribution in [0.25, 0.3) is 0 Å². The van der Waals surface area contributed by atoms with Crippen molar-refractivity contribution in [1.29, 1.82) is 0 Å². The molecule has 1 saturated heterocycles. The number of benzene rings is 1. The predicted molar refractivity (Wildman–Crippen MR) is 105 cm³/mol. The van der Waals surface area contributed by atoms with E-state index in [1.54, 1.807) is 12.3 Å². The van der Waals surface area contributed by atoms with Gasteiger partial charge in [0.1, 0.15) is 11.5 Å². The summed E-state index contributed by atoms with van der Waals surface area (Å²) in [5.74, 6) is 0.796. The number of carbonyl (C=O) groups excluding carboxylic acids is 1. The molecule has 1 fully saturated rings. The summed E-state index contributed by atoms with van der Waals surface area (Å²) in [5, 5.41) is 0. The average Bonchev–Trinajstić information content (AvgIpc) is 2.67. The van der Waals surface area contributed by atoms with Crippen LogP contribution in [0, 0.1) is 0 Å². The molecule has 0 bridgehead atoms. The number of hydrogen-bond acceptors (Lipinski definition) is 5. The first kappa shape index (κ1) is 19.5. The molecule has 0 spiro atoms. The van der Waals surface area contributed by atoms with Gasteiger partial charge in [0.05, 0.1) is 18.8 Å². The molecule has 2 aromatic rings. The van der Waals surface area contributed by atoms with Gasteiger partial charge in [0.2, 0.25) is 0 Å². The van der Waals surface area contributed by atoms with Crippen LogP contribution in [0.15, 0.2) is 42.6 Å². The zero-order valence-corrected chi connectivity index (χ0v) is 16.5. The maximum Gasteiger partial charge on any atom is 0.273 e. The summed E-state index contributed by atoms with van der Waals surface area (Å²) in [6, 6.07) is 11.7. The van der Waals surface area contributed by atoms with Gasteiger partial charge in [0.25, 0.3) is 5.91 Å². The Hall–Kier alpha value is -2.31. The Bertz CT molecular complexity index is 764. The lowest BCUT2D eigenvalue weighted by Crippen LogP contribution is -2.51. The lowest BCUT2D eigenvalue weighted by atomic mass is 9.97. The monoisotopic (exact) mass is 368 g/mol. The van der Waals surface area contributed by atoms with E-state index in [1.165, 1.54) is 0 Å². The van der Waals surface area contributed by atoms with Crippen molar-refractivity contribution in [1.82, 2.24) is 19.8 Å². The van der Waals surface area contributed by atoms with Crippen molar-refractivity contribution in [2.75, 3.05) is 33.8 Å². The van der Waals surface area contributed by atoms with Crippen LogP contribution >= 0.6 is 0 Å². The number of aromatic nitrogens is 2. The molecule has 2 atom stereocenters. The van der Waals surface area contributed by atoms with Gasteiger partial charge in [0, 0.05) is 25.2 Å². The second-order valence-corrected chi connectivity index (χ2v) is 7.48. The highest BCUT2D eigenvalue weighted by Crippen LogP contribution is 2.31. The molecule has 0 aliphatic carbocycles. The Balaban J connectivity index is 1.95. The number of carbonyl (C=O) groups is 1. The zero-order valence-electron chi connectivity index (χ0n) is 16.5. The summed E-state index contributed by atoms with van der Waals surface area (Å²) in [4.78, 5) is 26.1. The summed E-state index contributed by atoms with van der Waals surface area (Å²) in [5.41, 5.74) is 1.52. The van der Waals surface area contributed by atoms with Gasteiger partial charge in [-0.25, -0.2) is 9.97 Å². The van der Waals surface area contributed by atoms with Crippen LogP contribution in [-0.2, 0) is 4.74 Å². The van der Waals surface area contributed by atoms with Gasteiger partial charge < -0.3 is 14.5 Å². The van der Waals surface area contributed by atoms with Crippen LogP contribution in [-0.4, -0.2) is 65.6 Å². The third kappa shape index (κ3) is 4.51. The van der Waals surface area contributed by atoms with Crippen LogP contribution in [0.5, 0.6) is 0 Å². The maximum absolute atomic E-state index is 13.4. The van der Waals surface area contributed by atoms with Crippen LogP contribution in [0.3, 0.4) is 0 Å². The van der Waals surface area contributed by atoms with Crippen molar-refractivity contribution in [3.8, 4) is 0 Å². The van der Waals surface area contributed by atoms with Gasteiger partial charge in [-0.2, -0.15) is 0 Å². The minimum Gasteiger partial charge on any atom is -0.373 e. The summed E-state index contributed by atoms with van der Waals surface area (Å²) < 4.78 is 6.07. The molecule has 0 unspecified atom stereocenters. The molecule has 0 N–H and O–H groups in total. The SMILES string of the molecule is CC(C)c1nccc(C(=O)N2CCO[C@@H](CN(C)C)[C@@H]2c2ccccc2)n1. The minimum atomic E-state index is -0.146. The van der Waals surface area contributed by atoms with Gasteiger partial charge in [-0.05, 0) is 25.7 Å². The van der Waals surface area contributed by atoms with E-state index >= 15 is 0 Å². The number of likely N-dealkylation sites (N-methyl/N-ethyl adjacent to an activating group) is 1. The fourth-order valence-corrected chi connectivity index (χ4v) is 3.44. The zero-order chi connectivity index (χ0) is 19.4. The van der Waals surface area contributed by atoms with E-state index in [-0.39, 0.29) is 24.0 Å². The normalized spacial score (nSPS) is 20.3. The second-order valence-electron chi connectivity index (χ2n) is 7.48. The van der Waals surface area contributed by atoms with Gasteiger partial charge in [-0.1, -0.05) is 44.2 Å². The van der Waals surface area contributed by atoms with Crippen molar-refractivity contribution in [2.24, 2.45) is 0 Å². The topological polar surface area (TPSA) is 58.6 Å². The van der Waals surface area contributed by atoms with Gasteiger partial charge in [-0.3, -0.25) is 4.79 Å². The van der Waals surface area contributed by atoms with Crippen LogP contribution < -0.4 is 0 Å². The molecule has 1 aromatic carbocycles. The fraction of sp³-hybridized carbons (Fsp3) is 0.476. The van der Waals surface area contributed by atoms with E-state index in [0.717, 1.165) is 12.1 Å². The average molecular weight is 368 g/mol. The Morgan fingerprint density at radius 2 is 2.00 bits per heavy atom. The number of nitrogens with zero attached hydrogens (tertiary/aromatic N) is 4. The highest BCUT2D eigenvalue weighted by atomic mass is 16.5. The Kier molecular flexibility index (Phi) is 6.19. The molecule has 0 saturated carbocycles. The van der Waals surface area contributed by atoms with Gasteiger partial charge in [-0.15, -0.1) is 0 Å². The molecule has 1 amide bonds. The van der Waals surface area contributed by atoms with Gasteiger partial charge >= 0.3 is 0 Å². The van der Waals surface area contributed by atoms with Crippen LogP contribution in [0.4, 0.5) is 0 Å². The molecule has 6 nitrogen and oxygen atoms in total. The van der Waals surface area contributed by atoms with E-state index in [0.29, 0.717) is 24.7 Å². The van der Waals surface area contributed by atoms with E-state index in [4.69, 9.17) is 4.74 Å². The standard InChI is InChI=1S/C21H28N4O2/c1-15(2)20-22-11-10-17(23-20)21(26)25-12-13-27-18(14-24(3)4)19(25)16-8-6-5-7-9-16/h5-11,15,18-19H,12-14H2,1-4H3/t18-,19-/m0/s1. The smallest absolute Gasteiger partial charge is 0.273 e. The van der Waals surface area contributed by atoms with E-state index < -0.39 is 0 Å². The summed E-state index contributed by atoms with van der Waals surface area (Å²) in [7, 11) is 4.04. The number of morpholine rings is 1. The van der Waals surface area contributed by atoms with Crippen LogP contribution in [0.1, 0.15) is 47.7 Å². The molecular formula is C21H28N4O2. The van der Waals surface area contributed by atoms with Gasteiger partial charge in [0.15, 0.2) is 0 Å². The Morgan fingerprint density at radius 1 is 1.26 bits per heavy atom. The first-order valence-electron chi connectivity index (χ1n) is 9.42. The summed E-state index contributed by atoms with van der Waals surface area (Å²) in [6.07, 6.45) is 1.58. The lowest BCUT2D eigenvalue weighted by molar-refractivity contribution is -0.0686. The lowest BCUT2D eigenvalue weighted by Gasteiger charge is -2.42. The minimum absolute atomic E-state index is 0.0693. The largest absolute Gasteiger partial charge is 0.373 e. The number of ether oxygens (including phenoxy) is 1. The third-order valence-electron chi connectivity index (χ3n) is 4.71. The van der Waals surface area contributed by atoms with Crippen LogP contribution in [0.2, 0.25) is 0 Å². The fourth-order valence-electron chi connectivity index (χ4n) is 3.44. The second kappa shape index (κ2) is 8.59. The Labute approximate surface area is 161 Å². The Morgan fingerprint density at radius 3 is 2.67 bits per heavy atom. The number of amides is 1. The van der Waals surface area contributed by atoms with E-state index in [9.17, 15) is 4.79 Å². The van der Waals surface area contributed by atoms with Crippen molar-refractivity contribution >= 4 is 5.91 Å². The summed E-state index contributed by atoms with van der Waals surface area (Å²) in [6.45, 7) is 5.86. The molecule has 144 valence electrons. The quantitative estimate of drug-likeness (QED) is 0.812. The maximum atomic E-state index is 13.4.